The van der Waals surface area contributed by atoms with Crippen molar-refractivity contribution in [3.63, 3.8) is 0 Å². The van der Waals surface area contributed by atoms with Gasteiger partial charge in [0.15, 0.2) is 4.90 Å². The average Bonchev–Trinajstić information content (AvgIpc) is 2.34. The fourth-order valence-corrected chi connectivity index (χ4v) is 2.74. The quantitative estimate of drug-likeness (QED) is 0.615. The van der Waals surface area contributed by atoms with Crippen LogP contribution in [0.25, 0.3) is 0 Å². The van der Waals surface area contributed by atoms with Crippen molar-refractivity contribution in [2.75, 3.05) is 6.54 Å². The maximum Gasteiger partial charge on any atom is 0.406 e. The number of sulfonamides is 1. The third kappa shape index (κ3) is 3.65. The van der Waals surface area contributed by atoms with E-state index in [2.05, 4.69) is 0 Å². The van der Waals surface area contributed by atoms with E-state index >= 15 is 0 Å². The predicted octanol–water partition coefficient (Wildman–Crippen LogP) is 0.763. The van der Waals surface area contributed by atoms with Gasteiger partial charge in [-0.05, 0) is 6.07 Å². The molecule has 1 unspecified atom stereocenters. The lowest BCUT2D eigenvalue weighted by molar-refractivity contribution is -0.387. The molecule has 0 spiro atoms. The molecule has 0 aliphatic rings. The number of halogens is 3. The monoisotopic (exact) mass is 313 g/mol. The van der Waals surface area contributed by atoms with Gasteiger partial charge in [0.1, 0.15) is 6.04 Å². The van der Waals surface area contributed by atoms with Crippen molar-refractivity contribution in [2.45, 2.75) is 17.1 Å². The summed E-state index contributed by atoms with van der Waals surface area (Å²) in [7, 11) is -4.72. The topological polar surface area (TPSA) is 115 Å². The van der Waals surface area contributed by atoms with Gasteiger partial charge < -0.3 is 5.73 Å². The molecule has 0 radical (unpaired) electrons. The number of hydrogen-bond acceptors (Lipinski definition) is 5. The molecule has 0 saturated heterocycles. The molecule has 0 aromatic heterocycles. The van der Waals surface area contributed by atoms with E-state index in [1.54, 1.807) is 0 Å². The van der Waals surface area contributed by atoms with Gasteiger partial charge in [0.2, 0.25) is 10.0 Å². The van der Waals surface area contributed by atoms with Crippen molar-refractivity contribution in [1.82, 2.24) is 4.72 Å². The van der Waals surface area contributed by atoms with Crippen molar-refractivity contribution in [3.05, 3.63) is 34.4 Å². The Balaban J connectivity index is 3.22. The number of nitro groups is 1. The summed E-state index contributed by atoms with van der Waals surface area (Å²) in [5, 5.41) is 10.7. The minimum atomic E-state index is -4.90. The van der Waals surface area contributed by atoms with E-state index in [4.69, 9.17) is 5.73 Å². The van der Waals surface area contributed by atoms with Gasteiger partial charge in [-0.15, -0.1) is 0 Å². The molecule has 20 heavy (non-hydrogen) atoms. The Labute approximate surface area is 111 Å². The van der Waals surface area contributed by atoms with E-state index in [0.717, 1.165) is 18.2 Å². The fourth-order valence-electron chi connectivity index (χ4n) is 1.33. The van der Waals surface area contributed by atoms with Crippen LogP contribution < -0.4 is 10.5 Å². The third-order valence-electron chi connectivity index (χ3n) is 2.28. The summed E-state index contributed by atoms with van der Waals surface area (Å²) in [6.07, 6.45) is -4.90. The number of rotatable bonds is 5. The fraction of sp³-hybridized carbons (Fsp3) is 0.333. The molecule has 0 bridgehead atoms. The Morgan fingerprint density at radius 3 is 2.35 bits per heavy atom. The van der Waals surface area contributed by atoms with Gasteiger partial charge in [-0.1, -0.05) is 12.1 Å². The lowest BCUT2D eigenvalue weighted by Gasteiger charge is -2.19. The first kappa shape index (κ1) is 16.3. The number of hydrogen-bond donors (Lipinski definition) is 2. The van der Waals surface area contributed by atoms with Gasteiger partial charge in [-0.25, -0.2) is 8.42 Å². The van der Waals surface area contributed by atoms with Crippen LogP contribution in [0.2, 0.25) is 0 Å². The summed E-state index contributed by atoms with van der Waals surface area (Å²) in [5.41, 5.74) is 4.04. The lowest BCUT2D eigenvalue weighted by Crippen LogP contribution is -2.49. The van der Waals surface area contributed by atoms with Gasteiger partial charge >= 0.3 is 6.18 Å². The molecule has 1 aromatic rings. The van der Waals surface area contributed by atoms with Crippen molar-refractivity contribution in [2.24, 2.45) is 5.73 Å². The minimum Gasteiger partial charge on any atom is -0.329 e. The van der Waals surface area contributed by atoms with Crippen LogP contribution in [0.1, 0.15) is 0 Å². The molecule has 3 N–H and O–H groups in total. The summed E-state index contributed by atoms with van der Waals surface area (Å²) >= 11 is 0. The van der Waals surface area contributed by atoms with Crippen LogP contribution in [0.3, 0.4) is 0 Å². The first-order valence-electron chi connectivity index (χ1n) is 5.12. The van der Waals surface area contributed by atoms with Crippen LogP contribution in [0, 0.1) is 10.1 Å². The zero-order valence-corrected chi connectivity index (χ0v) is 10.6. The first-order valence-corrected chi connectivity index (χ1v) is 6.60. The van der Waals surface area contributed by atoms with Gasteiger partial charge in [0.05, 0.1) is 4.92 Å². The van der Waals surface area contributed by atoms with Gasteiger partial charge in [0, 0.05) is 12.6 Å². The SMILES string of the molecule is NCC(NS(=O)(=O)c1ccccc1[N+](=O)[O-])C(F)(F)F. The Kier molecular flexibility index (Phi) is 4.68. The summed E-state index contributed by atoms with van der Waals surface area (Å²) in [6, 6.07) is 1.55. The Morgan fingerprint density at radius 2 is 1.90 bits per heavy atom. The second-order valence-corrected chi connectivity index (χ2v) is 5.36. The van der Waals surface area contributed by atoms with E-state index in [0.29, 0.717) is 0 Å². The van der Waals surface area contributed by atoms with Crippen molar-refractivity contribution in [3.8, 4) is 0 Å². The number of benzene rings is 1. The summed E-state index contributed by atoms with van der Waals surface area (Å²) in [4.78, 5) is 8.83. The zero-order valence-electron chi connectivity index (χ0n) is 9.79. The smallest absolute Gasteiger partial charge is 0.329 e. The number of nitrogens with one attached hydrogen (secondary N) is 1. The molecule has 0 heterocycles. The predicted molar refractivity (Wildman–Crippen MR) is 62.3 cm³/mol. The molecule has 7 nitrogen and oxygen atoms in total. The molecule has 1 aromatic carbocycles. The molecule has 0 amide bonds. The second kappa shape index (κ2) is 5.73. The Bertz CT molecular complexity index is 603. The number of nitrogens with zero attached hydrogens (tertiary/aromatic N) is 1. The van der Waals surface area contributed by atoms with E-state index in [1.165, 1.54) is 10.8 Å². The summed E-state index contributed by atoms with van der Waals surface area (Å²) in [5.74, 6) is 0. The Hall–Kier alpha value is -1.72. The van der Waals surface area contributed by atoms with Crippen LogP contribution in [0.4, 0.5) is 18.9 Å². The van der Waals surface area contributed by atoms with Crippen LogP contribution >= 0.6 is 0 Å². The van der Waals surface area contributed by atoms with Crippen molar-refractivity contribution < 1.29 is 26.5 Å². The highest BCUT2D eigenvalue weighted by molar-refractivity contribution is 7.89. The molecule has 0 saturated carbocycles. The van der Waals surface area contributed by atoms with Crippen molar-refractivity contribution >= 4 is 15.7 Å². The second-order valence-electron chi connectivity index (χ2n) is 3.68. The molecule has 0 aliphatic carbocycles. The van der Waals surface area contributed by atoms with Crippen LogP contribution in [0.15, 0.2) is 29.2 Å². The van der Waals surface area contributed by atoms with Crippen LogP contribution in [-0.2, 0) is 10.0 Å². The highest BCUT2D eigenvalue weighted by atomic mass is 32.2. The third-order valence-corrected chi connectivity index (χ3v) is 3.80. The first-order chi connectivity index (χ1) is 9.09. The standard InChI is InChI=1S/C9H10F3N3O4S/c10-9(11,12)8(5-13)14-20(18,19)7-4-2-1-3-6(7)15(16)17/h1-4,8,14H,5,13H2. The van der Waals surface area contributed by atoms with E-state index in [9.17, 15) is 31.7 Å². The van der Waals surface area contributed by atoms with E-state index in [1.807, 2.05) is 0 Å². The highest BCUT2D eigenvalue weighted by Crippen LogP contribution is 2.25. The highest BCUT2D eigenvalue weighted by Gasteiger charge is 2.42. The summed E-state index contributed by atoms with van der Waals surface area (Å²) < 4.78 is 62.4. The number of alkyl halides is 3. The number of nitrogens with two attached hydrogens (primary N) is 1. The average molecular weight is 313 g/mol. The Morgan fingerprint density at radius 1 is 1.35 bits per heavy atom. The largest absolute Gasteiger partial charge is 0.406 e. The normalized spacial score (nSPS) is 14.0. The molecule has 1 rings (SSSR count). The molecular formula is C9H10F3N3O4S. The number of para-hydroxylation sites is 1. The lowest BCUT2D eigenvalue weighted by atomic mass is 10.3. The maximum atomic E-state index is 12.5. The molecule has 0 aliphatic heterocycles. The van der Waals surface area contributed by atoms with E-state index in [-0.39, 0.29) is 0 Å². The van der Waals surface area contributed by atoms with Crippen LogP contribution in [0.5, 0.6) is 0 Å². The molecule has 112 valence electrons. The molecule has 1 atom stereocenters. The molecule has 0 fully saturated rings. The summed E-state index contributed by atoms with van der Waals surface area (Å²) in [6.45, 7) is -1.02. The van der Waals surface area contributed by atoms with Gasteiger partial charge in [-0.2, -0.15) is 17.9 Å². The molecule has 11 heteroatoms. The number of nitro benzene ring substituents is 1. The van der Waals surface area contributed by atoms with Crippen LogP contribution in [-0.4, -0.2) is 32.1 Å². The maximum absolute atomic E-state index is 12.5. The minimum absolute atomic E-state index is 0.821. The zero-order chi connectivity index (χ0) is 15.6. The van der Waals surface area contributed by atoms with Crippen molar-refractivity contribution in [1.29, 1.82) is 0 Å². The van der Waals surface area contributed by atoms with E-state index < -0.39 is 44.3 Å². The van der Waals surface area contributed by atoms with Gasteiger partial charge in [0.25, 0.3) is 5.69 Å². The van der Waals surface area contributed by atoms with Gasteiger partial charge in [-0.3, -0.25) is 10.1 Å². The molecular weight excluding hydrogens is 303 g/mol.